The molecule has 2 aromatic rings. The molecule has 0 aliphatic heterocycles. The summed E-state index contributed by atoms with van der Waals surface area (Å²) in [6, 6.07) is 2.58. The Morgan fingerprint density at radius 3 is 2.88 bits per heavy atom. The van der Waals surface area contributed by atoms with Crippen LogP contribution in [0.4, 0.5) is 4.39 Å². The van der Waals surface area contributed by atoms with Crippen LogP contribution in [-0.2, 0) is 6.54 Å². The van der Waals surface area contributed by atoms with Crippen LogP contribution in [0, 0.1) is 5.82 Å². The van der Waals surface area contributed by atoms with E-state index in [1.54, 1.807) is 0 Å². The van der Waals surface area contributed by atoms with Crippen molar-refractivity contribution in [3.05, 3.63) is 28.3 Å². The van der Waals surface area contributed by atoms with Gasteiger partial charge < -0.3 is 15.4 Å². The van der Waals surface area contributed by atoms with Gasteiger partial charge in [-0.1, -0.05) is 5.16 Å². The molecular weight excluding hydrogens is 281 g/mol. The van der Waals surface area contributed by atoms with E-state index in [4.69, 9.17) is 10.3 Å². The molecule has 2 rings (SSSR count). The third-order valence-electron chi connectivity index (χ3n) is 1.94. The fourth-order valence-electron chi connectivity index (χ4n) is 1.19. The van der Waals surface area contributed by atoms with Gasteiger partial charge in [-0.3, -0.25) is 0 Å². The molecule has 0 fully saturated rings. The third-order valence-corrected chi connectivity index (χ3v) is 2.60. The van der Waals surface area contributed by atoms with Crippen LogP contribution in [0.15, 0.2) is 21.1 Å². The summed E-state index contributed by atoms with van der Waals surface area (Å²) in [4.78, 5) is 3.90. The second-order valence-electron chi connectivity index (χ2n) is 2.97. The van der Waals surface area contributed by atoms with Crippen molar-refractivity contribution in [2.75, 3.05) is 0 Å². The molecule has 0 bridgehead atoms. The Morgan fingerprint density at radius 1 is 1.50 bits per heavy atom. The second kappa shape index (κ2) is 4.18. The van der Waals surface area contributed by atoms with Crippen LogP contribution in [0.3, 0.4) is 0 Å². The maximum absolute atomic E-state index is 13.2. The maximum Gasteiger partial charge on any atom is 0.240 e. The summed E-state index contributed by atoms with van der Waals surface area (Å²) >= 11 is 3.17. The molecule has 0 amide bonds. The minimum atomic E-state index is -0.753. The summed E-state index contributed by atoms with van der Waals surface area (Å²) in [5, 5.41) is 13.2. The molecule has 0 atom stereocenters. The zero-order chi connectivity index (χ0) is 11.7. The minimum Gasteiger partial charge on any atom is -0.504 e. The van der Waals surface area contributed by atoms with Gasteiger partial charge in [0.05, 0.1) is 12.1 Å². The predicted octanol–water partition coefficient (Wildman–Crippen LogP) is 1.80. The highest BCUT2D eigenvalue weighted by Gasteiger charge is 2.18. The van der Waals surface area contributed by atoms with Gasteiger partial charge >= 0.3 is 0 Å². The highest BCUT2D eigenvalue weighted by molar-refractivity contribution is 9.10. The monoisotopic (exact) mass is 287 g/mol. The van der Waals surface area contributed by atoms with E-state index in [0.717, 1.165) is 6.07 Å². The van der Waals surface area contributed by atoms with Gasteiger partial charge in [0.25, 0.3) is 0 Å². The normalized spacial score (nSPS) is 10.7. The van der Waals surface area contributed by atoms with E-state index in [1.165, 1.54) is 6.07 Å². The van der Waals surface area contributed by atoms with Crippen molar-refractivity contribution < 1.29 is 14.0 Å². The molecule has 16 heavy (non-hydrogen) atoms. The zero-order valence-electron chi connectivity index (χ0n) is 7.94. The molecule has 0 saturated carbocycles. The maximum atomic E-state index is 13.2. The van der Waals surface area contributed by atoms with Crippen molar-refractivity contribution in [2.24, 2.45) is 5.73 Å². The van der Waals surface area contributed by atoms with E-state index in [0.29, 0.717) is 4.47 Å². The molecule has 1 aromatic carbocycles. The predicted molar refractivity (Wildman–Crippen MR) is 56.9 cm³/mol. The van der Waals surface area contributed by atoms with Gasteiger partial charge in [0.2, 0.25) is 11.7 Å². The van der Waals surface area contributed by atoms with E-state index in [-0.39, 0.29) is 23.8 Å². The number of nitrogens with two attached hydrogens (primary N) is 1. The number of hydrogen-bond acceptors (Lipinski definition) is 5. The van der Waals surface area contributed by atoms with Crippen LogP contribution in [0.1, 0.15) is 5.89 Å². The van der Waals surface area contributed by atoms with Gasteiger partial charge in [-0.05, 0) is 28.1 Å². The Morgan fingerprint density at radius 2 is 2.25 bits per heavy atom. The fourth-order valence-corrected chi connectivity index (χ4v) is 1.69. The number of phenolic OH excluding ortho intramolecular Hbond substituents is 1. The van der Waals surface area contributed by atoms with Gasteiger partial charge in [0.15, 0.2) is 11.6 Å². The second-order valence-corrected chi connectivity index (χ2v) is 3.82. The van der Waals surface area contributed by atoms with Crippen LogP contribution in [0.2, 0.25) is 0 Å². The molecule has 0 unspecified atom stereocenters. The van der Waals surface area contributed by atoms with Crippen molar-refractivity contribution >= 4 is 15.9 Å². The minimum absolute atomic E-state index is 0.0840. The summed E-state index contributed by atoms with van der Waals surface area (Å²) < 4.78 is 18.4. The van der Waals surface area contributed by atoms with Gasteiger partial charge in [-0.25, -0.2) is 4.39 Å². The Bertz CT molecular complexity index is 529. The molecular formula is C9H7BrFN3O2. The third kappa shape index (κ3) is 1.79. The van der Waals surface area contributed by atoms with Crippen molar-refractivity contribution in [3.63, 3.8) is 0 Å². The molecule has 0 saturated heterocycles. The Labute approximate surface area is 98.2 Å². The van der Waals surface area contributed by atoms with E-state index >= 15 is 0 Å². The molecule has 0 spiro atoms. The first-order valence-corrected chi connectivity index (χ1v) is 5.12. The van der Waals surface area contributed by atoms with Crippen molar-refractivity contribution in [1.82, 2.24) is 10.1 Å². The number of hydrogen-bond donors (Lipinski definition) is 2. The van der Waals surface area contributed by atoms with Crippen LogP contribution in [0.25, 0.3) is 11.4 Å². The van der Waals surface area contributed by atoms with Crippen molar-refractivity contribution in [1.29, 1.82) is 0 Å². The number of aromatic nitrogens is 2. The fraction of sp³-hybridized carbons (Fsp3) is 0.111. The van der Waals surface area contributed by atoms with Gasteiger partial charge in [0.1, 0.15) is 0 Å². The van der Waals surface area contributed by atoms with E-state index in [2.05, 4.69) is 26.1 Å². The van der Waals surface area contributed by atoms with E-state index < -0.39 is 11.6 Å². The smallest absolute Gasteiger partial charge is 0.240 e. The number of rotatable bonds is 2. The first kappa shape index (κ1) is 11.0. The molecule has 0 aliphatic carbocycles. The molecule has 1 heterocycles. The lowest BCUT2D eigenvalue weighted by atomic mass is 10.2. The highest BCUT2D eigenvalue weighted by atomic mass is 79.9. The summed E-state index contributed by atoms with van der Waals surface area (Å²) in [7, 11) is 0. The quantitative estimate of drug-likeness (QED) is 0.880. The largest absolute Gasteiger partial charge is 0.504 e. The Balaban J connectivity index is 2.58. The Kier molecular flexibility index (Phi) is 2.88. The summed E-state index contributed by atoms with van der Waals surface area (Å²) in [5.74, 6) is -0.981. The zero-order valence-corrected chi connectivity index (χ0v) is 9.53. The highest BCUT2D eigenvalue weighted by Crippen LogP contribution is 2.36. The molecule has 7 heteroatoms. The Hall–Kier alpha value is -1.47. The number of halogens is 2. The molecule has 84 valence electrons. The van der Waals surface area contributed by atoms with Crippen LogP contribution in [-0.4, -0.2) is 15.2 Å². The van der Waals surface area contributed by atoms with E-state index in [1.807, 2.05) is 0 Å². The first-order chi connectivity index (χ1) is 7.63. The van der Waals surface area contributed by atoms with Gasteiger partial charge in [-0.2, -0.15) is 4.98 Å². The summed E-state index contributed by atoms with van der Waals surface area (Å²) in [6.07, 6.45) is 0. The average Bonchev–Trinajstić information content (AvgIpc) is 2.73. The standard InChI is InChI=1S/C9H7BrFN3O2/c10-4-1-2-5(11)8(15)7(4)9-13-6(3-12)16-14-9/h1-2,15H,3,12H2. The number of phenols is 1. The summed E-state index contributed by atoms with van der Waals surface area (Å²) in [5.41, 5.74) is 5.44. The molecule has 0 aliphatic rings. The van der Waals surface area contributed by atoms with Crippen LogP contribution >= 0.6 is 15.9 Å². The van der Waals surface area contributed by atoms with Crippen molar-refractivity contribution in [3.8, 4) is 17.1 Å². The van der Waals surface area contributed by atoms with E-state index in [9.17, 15) is 9.50 Å². The first-order valence-electron chi connectivity index (χ1n) is 4.33. The molecule has 5 nitrogen and oxygen atoms in total. The molecule has 1 aromatic heterocycles. The SMILES string of the molecule is NCc1nc(-c2c(Br)ccc(F)c2O)no1. The lowest BCUT2D eigenvalue weighted by Crippen LogP contribution is -1.96. The average molecular weight is 288 g/mol. The lowest BCUT2D eigenvalue weighted by Gasteiger charge is -2.03. The molecule has 0 radical (unpaired) electrons. The number of benzene rings is 1. The lowest BCUT2D eigenvalue weighted by molar-refractivity contribution is 0.380. The van der Waals surface area contributed by atoms with Crippen molar-refractivity contribution in [2.45, 2.75) is 6.54 Å². The summed E-state index contributed by atoms with van der Waals surface area (Å²) in [6.45, 7) is 0.0840. The van der Waals surface area contributed by atoms with Crippen LogP contribution in [0.5, 0.6) is 5.75 Å². The number of nitrogens with zero attached hydrogens (tertiary/aromatic N) is 2. The van der Waals surface area contributed by atoms with Crippen LogP contribution < -0.4 is 5.73 Å². The topological polar surface area (TPSA) is 85.2 Å². The molecule has 3 N–H and O–H groups in total. The van der Waals surface area contributed by atoms with Gasteiger partial charge in [0, 0.05) is 4.47 Å². The number of aromatic hydroxyl groups is 1. The van der Waals surface area contributed by atoms with Gasteiger partial charge in [-0.15, -0.1) is 0 Å².